The zero-order valence-electron chi connectivity index (χ0n) is 39.5. The van der Waals surface area contributed by atoms with Crippen molar-refractivity contribution in [1.82, 2.24) is 0 Å². The first kappa shape index (κ1) is 56.4. The molecule has 344 valence electrons. The smallest absolute Gasteiger partial charge is 0.306 e. The van der Waals surface area contributed by atoms with E-state index in [-0.39, 0.29) is 31.1 Å². The predicted molar refractivity (Wildman–Crippen MR) is 247 cm³/mol. The highest BCUT2D eigenvalue weighted by molar-refractivity contribution is 5.71. The summed E-state index contributed by atoms with van der Waals surface area (Å²) in [5.41, 5.74) is 0. The van der Waals surface area contributed by atoms with Crippen LogP contribution in [0.15, 0.2) is 0 Å². The average Bonchev–Trinajstić information content (AvgIpc) is 3.21. The van der Waals surface area contributed by atoms with Crippen molar-refractivity contribution in [2.75, 3.05) is 13.2 Å². The zero-order chi connectivity index (χ0) is 42.4. The molecule has 0 unspecified atom stereocenters. The predicted octanol–water partition coefficient (Wildman–Crippen LogP) is 16.7. The number of unbranched alkanes of at least 4 members (excludes halogenated alkanes) is 34. The molecule has 0 aliphatic rings. The van der Waals surface area contributed by atoms with Gasteiger partial charge in [-0.2, -0.15) is 0 Å². The molecule has 0 saturated heterocycles. The van der Waals surface area contributed by atoms with Crippen LogP contribution >= 0.6 is 0 Å². The Morgan fingerprint density at radius 1 is 0.328 bits per heavy atom. The molecular formula is C52H100O6. The van der Waals surface area contributed by atoms with E-state index in [1.807, 2.05) is 0 Å². The maximum Gasteiger partial charge on any atom is 0.306 e. The van der Waals surface area contributed by atoms with Gasteiger partial charge < -0.3 is 14.2 Å². The topological polar surface area (TPSA) is 78.9 Å². The van der Waals surface area contributed by atoms with Crippen LogP contribution in [0.5, 0.6) is 0 Å². The average molecular weight is 821 g/mol. The SMILES string of the molecule is CCCCCCCCCCCCCCCCCCCC(=O)OC[C@@H](COC(=O)CCCCCCCCCCCCCCCC(C)C)OC(=O)CCCCCCCCC. The molecule has 1 atom stereocenters. The molecule has 0 N–H and O–H groups in total. The fourth-order valence-corrected chi connectivity index (χ4v) is 7.86. The summed E-state index contributed by atoms with van der Waals surface area (Å²) in [6.07, 6.45) is 48.2. The van der Waals surface area contributed by atoms with Gasteiger partial charge >= 0.3 is 17.9 Å². The fraction of sp³-hybridized carbons (Fsp3) is 0.942. The molecule has 0 spiro atoms. The van der Waals surface area contributed by atoms with Crippen LogP contribution in [-0.4, -0.2) is 37.2 Å². The van der Waals surface area contributed by atoms with E-state index in [0.29, 0.717) is 19.3 Å². The zero-order valence-corrected chi connectivity index (χ0v) is 39.5. The number of hydrogen-bond donors (Lipinski definition) is 0. The van der Waals surface area contributed by atoms with Crippen molar-refractivity contribution in [2.45, 2.75) is 297 Å². The number of esters is 3. The fourth-order valence-electron chi connectivity index (χ4n) is 7.86. The van der Waals surface area contributed by atoms with E-state index in [4.69, 9.17) is 14.2 Å². The van der Waals surface area contributed by atoms with Gasteiger partial charge in [-0.25, -0.2) is 0 Å². The van der Waals surface area contributed by atoms with Crippen molar-refractivity contribution in [3.63, 3.8) is 0 Å². The van der Waals surface area contributed by atoms with E-state index < -0.39 is 6.10 Å². The van der Waals surface area contributed by atoms with E-state index in [9.17, 15) is 14.4 Å². The lowest BCUT2D eigenvalue weighted by Gasteiger charge is -2.18. The Morgan fingerprint density at radius 3 is 0.845 bits per heavy atom. The lowest BCUT2D eigenvalue weighted by Crippen LogP contribution is -2.30. The largest absolute Gasteiger partial charge is 0.462 e. The second-order valence-corrected chi connectivity index (χ2v) is 18.3. The van der Waals surface area contributed by atoms with Crippen LogP contribution in [0.3, 0.4) is 0 Å². The van der Waals surface area contributed by atoms with Crippen LogP contribution in [0.25, 0.3) is 0 Å². The first-order valence-electron chi connectivity index (χ1n) is 25.9. The normalized spacial score (nSPS) is 11.9. The van der Waals surface area contributed by atoms with Crippen molar-refractivity contribution >= 4 is 17.9 Å². The minimum atomic E-state index is -0.759. The molecule has 0 aromatic heterocycles. The monoisotopic (exact) mass is 821 g/mol. The molecule has 0 aromatic carbocycles. The summed E-state index contributed by atoms with van der Waals surface area (Å²) in [5, 5.41) is 0. The summed E-state index contributed by atoms with van der Waals surface area (Å²) >= 11 is 0. The number of ether oxygens (including phenoxy) is 3. The number of carbonyl (C=O) groups is 3. The van der Waals surface area contributed by atoms with Crippen molar-refractivity contribution < 1.29 is 28.6 Å². The standard InChI is InChI=1S/C52H100O6/c1-5-7-9-11-13-14-15-16-17-18-19-22-25-28-32-35-39-43-50(53)56-46-49(58-52(55)45-41-37-30-12-10-8-6-2)47-57-51(54)44-40-36-33-29-26-23-20-21-24-27-31-34-38-42-48(3)4/h48-49H,5-47H2,1-4H3/t49-/m0/s1. The highest BCUT2D eigenvalue weighted by Gasteiger charge is 2.19. The summed E-state index contributed by atoms with van der Waals surface area (Å²) in [5.74, 6) is -0.0118. The van der Waals surface area contributed by atoms with Gasteiger partial charge in [0.05, 0.1) is 0 Å². The summed E-state index contributed by atoms with van der Waals surface area (Å²) < 4.78 is 16.7. The quantitative estimate of drug-likeness (QED) is 0.0346. The Bertz CT molecular complexity index is 872. The van der Waals surface area contributed by atoms with Crippen LogP contribution in [0, 0.1) is 5.92 Å². The lowest BCUT2D eigenvalue weighted by atomic mass is 10.0. The molecular weight excluding hydrogens is 721 g/mol. The Morgan fingerprint density at radius 2 is 0.569 bits per heavy atom. The molecule has 6 heteroatoms. The van der Waals surface area contributed by atoms with E-state index in [2.05, 4.69) is 27.7 Å². The molecule has 0 fully saturated rings. The van der Waals surface area contributed by atoms with Crippen LogP contribution in [-0.2, 0) is 28.6 Å². The first-order valence-corrected chi connectivity index (χ1v) is 25.9. The lowest BCUT2D eigenvalue weighted by molar-refractivity contribution is -0.167. The molecule has 0 aliphatic heterocycles. The maximum absolute atomic E-state index is 12.7. The third kappa shape index (κ3) is 45.5. The highest BCUT2D eigenvalue weighted by Crippen LogP contribution is 2.17. The summed E-state index contributed by atoms with van der Waals surface area (Å²) in [6.45, 7) is 9.00. The Balaban J connectivity index is 4.15. The summed E-state index contributed by atoms with van der Waals surface area (Å²) in [6, 6.07) is 0. The third-order valence-corrected chi connectivity index (χ3v) is 11.8. The molecule has 0 rings (SSSR count). The maximum atomic E-state index is 12.7. The summed E-state index contributed by atoms with van der Waals surface area (Å²) in [7, 11) is 0. The van der Waals surface area contributed by atoms with E-state index in [1.54, 1.807) is 0 Å². The second-order valence-electron chi connectivity index (χ2n) is 18.3. The number of carbonyl (C=O) groups excluding carboxylic acids is 3. The van der Waals surface area contributed by atoms with Crippen LogP contribution in [0.1, 0.15) is 291 Å². The van der Waals surface area contributed by atoms with Crippen LogP contribution in [0.4, 0.5) is 0 Å². The molecule has 0 aliphatic carbocycles. The third-order valence-electron chi connectivity index (χ3n) is 11.8. The van der Waals surface area contributed by atoms with E-state index >= 15 is 0 Å². The van der Waals surface area contributed by atoms with Gasteiger partial charge in [-0.15, -0.1) is 0 Å². The van der Waals surface area contributed by atoms with Gasteiger partial charge in [-0.05, 0) is 25.2 Å². The van der Waals surface area contributed by atoms with Gasteiger partial charge in [0.1, 0.15) is 13.2 Å². The molecule has 0 bridgehead atoms. The van der Waals surface area contributed by atoms with E-state index in [0.717, 1.165) is 63.7 Å². The molecule has 0 heterocycles. The first-order chi connectivity index (χ1) is 28.4. The highest BCUT2D eigenvalue weighted by atomic mass is 16.6. The molecule has 0 amide bonds. The van der Waals surface area contributed by atoms with Gasteiger partial charge in [0, 0.05) is 19.3 Å². The summed E-state index contributed by atoms with van der Waals surface area (Å²) in [4.78, 5) is 37.8. The Labute approximate surface area is 361 Å². The van der Waals surface area contributed by atoms with Gasteiger partial charge in [0.2, 0.25) is 0 Å². The number of rotatable bonds is 47. The number of hydrogen-bond acceptors (Lipinski definition) is 6. The molecule has 0 radical (unpaired) electrons. The molecule has 58 heavy (non-hydrogen) atoms. The van der Waals surface area contributed by atoms with Gasteiger partial charge in [-0.3, -0.25) is 14.4 Å². The molecule has 0 saturated carbocycles. The molecule has 0 aromatic rings. The van der Waals surface area contributed by atoms with Crippen molar-refractivity contribution in [3.8, 4) is 0 Å². The van der Waals surface area contributed by atoms with Crippen LogP contribution in [0.2, 0.25) is 0 Å². The minimum absolute atomic E-state index is 0.0634. The Hall–Kier alpha value is -1.59. The van der Waals surface area contributed by atoms with Crippen LogP contribution < -0.4 is 0 Å². The minimum Gasteiger partial charge on any atom is -0.462 e. The van der Waals surface area contributed by atoms with Gasteiger partial charge in [0.25, 0.3) is 0 Å². The van der Waals surface area contributed by atoms with Gasteiger partial charge in [0.15, 0.2) is 6.10 Å². The van der Waals surface area contributed by atoms with Crippen molar-refractivity contribution in [3.05, 3.63) is 0 Å². The second kappa shape index (κ2) is 46.5. The Kier molecular flexibility index (Phi) is 45.2. The molecule has 6 nitrogen and oxygen atoms in total. The van der Waals surface area contributed by atoms with Gasteiger partial charge in [-0.1, -0.05) is 252 Å². The van der Waals surface area contributed by atoms with Crippen molar-refractivity contribution in [1.29, 1.82) is 0 Å². The van der Waals surface area contributed by atoms with Crippen molar-refractivity contribution in [2.24, 2.45) is 5.92 Å². The van der Waals surface area contributed by atoms with E-state index in [1.165, 1.54) is 186 Å².